The van der Waals surface area contributed by atoms with Crippen LogP contribution in [0.25, 0.3) is 22.3 Å². The van der Waals surface area contributed by atoms with Crippen molar-refractivity contribution in [3.63, 3.8) is 0 Å². The van der Waals surface area contributed by atoms with Crippen molar-refractivity contribution in [2.75, 3.05) is 32.0 Å². The number of hydrogen-bond donors (Lipinski definition) is 1. The third-order valence-electron chi connectivity index (χ3n) is 8.52. The lowest BCUT2D eigenvalue weighted by Crippen LogP contribution is -2.47. The van der Waals surface area contributed by atoms with Gasteiger partial charge in [-0.25, -0.2) is 14.6 Å². The standard InChI is InChI=1S/C30H34N6O3/c31-28-26-27(21-6-8-25(9-7-21)39-24-4-2-1-3-5-24)34-36(29(26)33-20-32-28)23-12-16-35(17-13-23)22-10-14-30(15-11-22)37-18-19-38-30/h1-9,20,22-23H,10-19H2,(H2,31,32,33). The van der Waals surface area contributed by atoms with Gasteiger partial charge in [0, 0.05) is 37.5 Å². The van der Waals surface area contributed by atoms with Gasteiger partial charge in [0.15, 0.2) is 11.4 Å². The monoisotopic (exact) mass is 526 g/mol. The maximum atomic E-state index is 6.38. The molecule has 1 spiro atoms. The Balaban J connectivity index is 1.08. The van der Waals surface area contributed by atoms with E-state index in [0.717, 1.165) is 98.6 Å². The first-order valence-electron chi connectivity index (χ1n) is 14.0. The van der Waals surface area contributed by atoms with Gasteiger partial charge in [0.2, 0.25) is 0 Å². The number of para-hydroxylation sites is 1. The summed E-state index contributed by atoms with van der Waals surface area (Å²) in [6, 6.07) is 18.6. The summed E-state index contributed by atoms with van der Waals surface area (Å²) in [6.07, 6.45) is 7.85. The topological polar surface area (TPSA) is 101 Å². The van der Waals surface area contributed by atoms with Crippen LogP contribution in [0.5, 0.6) is 11.5 Å². The number of hydrogen-bond acceptors (Lipinski definition) is 8. The van der Waals surface area contributed by atoms with Crippen molar-refractivity contribution in [1.82, 2.24) is 24.6 Å². The van der Waals surface area contributed by atoms with Gasteiger partial charge >= 0.3 is 0 Å². The molecular weight excluding hydrogens is 492 g/mol. The number of benzene rings is 2. The predicted octanol–water partition coefficient (Wildman–Crippen LogP) is 5.19. The number of nitrogens with zero attached hydrogens (tertiary/aromatic N) is 5. The molecule has 4 heterocycles. The number of nitrogens with two attached hydrogens (primary N) is 1. The Labute approximate surface area is 227 Å². The van der Waals surface area contributed by atoms with E-state index >= 15 is 0 Å². The number of piperidine rings is 1. The van der Waals surface area contributed by atoms with Gasteiger partial charge in [-0.3, -0.25) is 0 Å². The molecule has 4 aromatic rings. The minimum absolute atomic E-state index is 0.268. The van der Waals surface area contributed by atoms with Crippen molar-refractivity contribution < 1.29 is 14.2 Å². The molecule has 202 valence electrons. The van der Waals surface area contributed by atoms with Crippen LogP contribution < -0.4 is 10.5 Å². The number of rotatable bonds is 5. The first-order valence-corrected chi connectivity index (χ1v) is 14.0. The zero-order valence-corrected chi connectivity index (χ0v) is 22.0. The van der Waals surface area contributed by atoms with Gasteiger partial charge in [0.05, 0.1) is 24.6 Å². The number of fused-ring (bicyclic) bond motifs is 1. The number of aromatic nitrogens is 4. The summed E-state index contributed by atoms with van der Waals surface area (Å²) in [5.74, 6) is 1.72. The van der Waals surface area contributed by atoms with Crippen LogP contribution in [0.1, 0.15) is 44.6 Å². The molecule has 2 aliphatic heterocycles. The molecule has 0 bridgehead atoms. The normalized spacial score (nSPS) is 20.6. The molecule has 3 aliphatic rings. The van der Waals surface area contributed by atoms with E-state index in [-0.39, 0.29) is 11.8 Å². The zero-order chi connectivity index (χ0) is 26.2. The third-order valence-corrected chi connectivity index (χ3v) is 8.52. The summed E-state index contributed by atoms with van der Waals surface area (Å²) in [5.41, 5.74) is 8.96. The van der Waals surface area contributed by atoms with Crippen LogP contribution in [0.15, 0.2) is 60.9 Å². The quantitative estimate of drug-likeness (QED) is 0.379. The van der Waals surface area contributed by atoms with Gasteiger partial charge in [-0.05, 0) is 62.1 Å². The van der Waals surface area contributed by atoms with E-state index in [1.54, 1.807) is 0 Å². The maximum absolute atomic E-state index is 6.38. The summed E-state index contributed by atoms with van der Waals surface area (Å²) >= 11 is 0. The smallest absolute Gasteiger partial charge is 0.168 e. The van der Waals surface area contributed by atoms with Gasteiger partial charge in [-0.2, -0.15) is 5.10 Å². The largest absolute Gasteiger partial charge is 0.457 e. The van der Waals surface area contributed by atoms with Gasteiger partial charge in [0.25, 0.3) is 0 Å². The Bertz CT molecular complexity index is 1420. The second-order valence-corrected chi connectivity index (χ2v) is 10.8. The minimum atomic E-state index is -0.301. The highest BCUT2D eigenvalue weighted by Crippen LogP contribution is 2.39. The van der Waals surface area contributed by atoms with E-state index in [0.29, 0.717) is 11.9 Å². The van der Waals surface area contributed by atoms with E-state index < -0.39 is 0 Å². The van der Waals surface area contributed by atoms with Crippen LogP contribution in [-0.4, -0.2) is 62.8 Å². The van der Waals surface area contributed by atoms with Crippen molar-refractivity contribution in [3.8, 4) is 22.8 Å². The van der Waals surface area contributed by atoms with Crippen LogP contribution in [0.3, 0.4) is 0 Å². The molecule has 3 fully saturated rings. The van der Waals surface area contributed by atoms with Crippen LogP contribution in [0.2, 0.25) is 0 Å². The predicted molar refractivity (Wildman–Crippen MR) is 148 cm³/mol. The van der Waals surface area contributed by atoms with Gasteiger partial charge in [-0.15, -0.1) is 0 Å². The summed E-state index contributed by atoms with van der Waals surface area (Å²) in [7, 11) is 0. The van der Waals surface area contributed by atoms with E-state index in [9.17, 15) is 0 Å². The molecular formula is C30H34N6O3. The van der Waals surface area contributed by atoms with Crippen LogP contribution in [-0.2, 0) is 9.47 Å². The van der Waals surface area contributed by atoms with Crippen molar-refractivity contribution >= 4 is 16.9 Å². The fourth-order valence-corrected chi connectivity index (χ4v) is 6.45. The lowest BCUT2D eigenvalue weighted by atomic mass is 9.88. The highest BCUT2D eigenvalue weighted by molar-refractivity contribution is 5.98. The minimum Gasteiger partial charge on any atom is -0.457 e. The molecule has 2 N–H and O–H groups in total. The van der Waals surface area contributed by atoms with Gasteiger partial charge < -0.3 is 24.8 Å². The Morgan fingerprint density at radius 2 is 1.51 bits per heavy atom. The molecule has 2 saturated heterocycles. The average molecular weight is 527 g/mol. The number of ether oxygens (including phenoxy) is 3. The van der Waals surface area contributed by atoms with Crippen molar-refractivity contribution in [1.29, 1.82) is 0 Å². The molecule has 0 unspecified atom stereocenters. The Kier molecular flexibility index (Phi) is 6.42. The molecule has 0 radical (unpaired) electrons. The van der Waals surface area contributed by atoms with Gasteiger partial charge in [0.1, 0.15) is 29.3 Å². The molecule has 39 heavy (non-hydrogen) atoms. The summed E-state index contributed by atoms with van der Waals surface area (Å²) in [4.78, 5) is 11.6. The molecule has 9 heteroatoms. The lowest BCUT2D eigenvalue weighted by Gasteiger charge is -2.43. The zero-order valence-electron chi connectivity index (χ0n) is 22.0. The Morgan fingerprint density at radius 1 is 0.821 bits per heavy atom. The third kappa shape index (κ3) is 4.75. The second kappa shape index (κ2) is 10.2. The van der Waals surface area contributed by atoms with Crippen LogP contribution in [0.4, 0.5) is 5.82 Å². The average Bonchev–Trinajstić information content (AvgIpc) is 3.60. The fourth-order valence-electron chi connectivity index (χ4n) is 6.45. The number of anilines is 1. The van der Waals surface area contributed by atoms with Crippen LogP contribution in [0, 0.1) is 0 Å². The first-order chi connectivity index (χ1) is 19.2. The maximum Gasteiger partial charge on any atom is 0.168 e. The highest BCUT2D eigenvalue weighted by atomic mass is 16.7. The Morgan fingerprint density at radius 3 is 2.23 bits per heavy atom. The molecule has 1 saturated carbocycles. The number of nitrogen functional groups attached to an aromatic ring is 1. The van der Waals surface area contributed by atoms with E-state index in [1.807, 2.05) is 54.6 Å². The molecule has 0 amide bonds. The molecule has 1 aliphatic carbocycles. The Hall–Kier alpha value is -3.53. The summed E-state index contributed by atoms with van der Waals surface area (Å²) < 4.78 is 19.9. The van der Waals surface area contributed by atoms with Crippen molar-refractivity contribution in [3.05, 3.63) is 60.9 Å². The van der Waals surface area contributed by atoms with Crippen molar-refractivity contribution in [2.45, 2.75) is 56.4 Å². The molecule has 7 rings (SSSR count). The molecule has 2 aromatic carbocycles. The van der Waals surface area contributed by atoms with E-state index in [4.69, 9.17) is 25.0 Å². The van der Waals surface area contributed by atoms with E-state index in [1.165, 1.54) is 6.33 Å². The molecule has 9 nitrogen and oxygen atoms in total. The number of likely N-dealkylation sites (tertiary alicyclic amines) is 1. The lowest BCUT2D eigenvalue weighted by molar-refractivity contribution is -0.184. The summed E-state index contributed by atoms with van der Waals surface area (Å²) in [6.45, 7) is 3.56. The fraction of sp³-hybridized carbons (Fsp3) is 0.433. The molecule has 2 aromatic heterocycles. The van der Waals surface area contributed by atoms with E-state index in [2.05, 4.69) is 19.5 Å². The molecule has 0 atom stereocenters. The van der Waals surface area contributed by atoms with Crippen LogP contribution >= 0.6 is 0 Å². The highest BCUT2D eigenvalue weighted by Gasteiger charge is 2.42. The summed E-state index contributed by atoms with van der Waals surface area (Å²) in [5, 5.41) is 5.90. The second-order valence-electron chi connectivity index (χ2n) is 10.8. The SMILES string of the molecule is Nc1ncnc2c1c(-c1ccc(Oc3ccccc3)cc1)nn2C1CCN(C2CCC3(CC2)OCCO3)CC1. The first kappa shape index (κ1) is 24.5. The van der Waals surface area contributed by atoms with Gasteiger partial charge in [-0.1, -0.05) is 18.2 Å². The van der Waals surface area contributed by atoms with Crippen molar-refractivity contribution in [2.24, 2.45) is 0 Å².